The highest BCUT2D eigenvalue weighted by Gasteiger charge is 2.08. The highest BCUT2D eigenvalue weighted by Crippen LogP contribution is 2.23. The van der Waals surface area contributed by atoms with Gasteiger partial charge in [-0.3, -0.25) is 9.59 Å². The van der Waals surface area contributed by atoms with E-state index in [-0.39, 0.29) is 24.0 Å². The van der Waals surface area contributed by atoms with E-state index in [1.165, 1.54) is 11.3 Å². The minimum atomic E-state index is -0.191. The van der Waals surface area contributed by atoms with Crippen LogP contribution >= 0.6 is 11.3 Å². The standard InChI is InChI=1S/C16H18N2O3S/c1-11-4-5-13(14(19)9-11)18-15(20)3-2-7-17-16(21)12-6-8-22-10-12/h4-6,8-10,19H,2-3,7H2,1H3,(H,17,21)(H,18,20). The molecule has 0 aliphatic rings. The molecule has 6 heteroatoms. The first-order valence-electron chi connectivity index (χ1n) is 6.96. The van der Waals surface area contributed by atoms with Crippen molar-refractivity contribution in [3.63, 3.8) is 0 Å². The molecule has 116 valence electrons. The molecule has 0 aliphatic heterocycles. The van der Waals surface area contributed by atoms with Gasteiger partial charge in [0.2, 0.25) is 5.91 Å². The van der Waals surface area contributed by atoms with Crippen molar-refractivity contribution >= 4 is 28.8 Å². The van der Waals surface area contributed by atoms with E-state index in [1.807, 2.05) is 18.4 Å². The quantitative estimate of drug-likeness (QED) is 0.566. The summed E-state index contributed by atoms with van der Waals surface area (Å²) in [5.74, 6) is -0.263. The second kappa shape index (κ2) is 7.61. The molecule has 1 heterocycles. The normalized spacial score (nSPS) is 10.2. The summed E-state index contributed by atoms with van der Waals surface area (Å²) < 4.78 is 0. The number of carbonyl (C=O) groups is 2. The third-order valence-corrected chi connectivity index (χ3v) is 3.76. The molecule has 0 fully saturated rings. The first-order valence-corrected chi connectivity index (χ1v) is 7.90. The minimum Gasteiger partial charge on any atom is -0.506 e. The molecule has 0 saturated carbocycles. The van der Waals surface area contributed by atoms with Gasteiger partial charge in [-0.25, -0.2) is 0 Å². The third kappa shape index (κ3) is 4.60. The summed E-state index contributed by atoms with van der Waals surface area (Å²) in [5, 5.41) is 18.8. The van der Waals surface area contributed by atoms with E-state index in [0.29, 0.717) is 24.2 Å². The molecule has 0 bridgehead atoms. The fourth-order valence-corrected chi connectivity index (χ4v) is 2.54. The predicted molar refractivity (Wildman–Crippen MR) is 87.4 cm³/mol. The lowest BCUT2D eigenvalue weighted by molar-refractivity contribution is -0.116. The van der Waals surface area contributed by atoms with Crippen molar-refractivity contribution in [2.75, 3.05) is 11.9 Å². The van der Waals surface area contributed by atoms with E-state index < -0.39 is 0 Å². The lowest BCUT2D eigenvalue weighted by atomic mass is 10.2. The number of benzene rings is 1. The fraction of sp³-hybridized carbons (Fsp3) is 0.250. The van der Waals surface area contributed by atoms with Gasteiger partial charge in [-0.1, -0.05) is 6.07 Å². The summed E-state index contributed by atoms with van der Waals surface area (Å²) in [6.45, 7) is 2.30. The Kier molecular flexibility index (Phi) is 5.55. The molecule has 5 nitrogen and oxygen atoms in total. The van der Waals surface area contributed by atoms with Crippen LogP contribution in [-0.4, -0.2) is 23.5 Å². The van der Waals surface area contributed by atoms with Crippen LogP contribution in [0, 0.1) is 6.92 Å². The maximum atomic E-state index is 11.8. The second-order valence-corrected chi connectivity index (χ2v) is 5.72. The topological polar surface area (TPSA) is 78.4 Å². The van der Waals surface area contributed by atoms with Crippen LogP contribution in [0.25, 0.3) is 0 Å². The molecular weight excluding hydrogens is 300 g/mol. The van der Waals surface area contributed by atoms with Crippen molar-refractivity contribution in [1.82, 2.24) is 5.32 Å². The zero-order chi connectivity index (χ0) is 15.9. The molecule has 22 heavy (non-hydrogen) atoms. The van der Waals surface area contributed by atoms with Crippen molar-refractivity contribution in [3.8, 4) is 5.75 Å². The molecule has 0 unspecified atom stereocenters. The summed E-state index contributed by atoms with van der Waals surface area (Å²) in [6.07, 6.45) is 0.811. The maximum Gasteiger partial charge on any atom is 0.252 e. The van der Waals surface area contributed by atoms with E-state index in [2.05, 4.69) is 10.6 Å². The van der Waals surface area contributed by atoms with E-state index in [1.54, 1.807) is 23.6 Å². The largest absolute Gasteiger partial charge is 0.506 e. The van der Waals surface area contributed by atoms with Gasteiger partial charge in [0.25, 0.3) is 5.91 Å². The van der Waals surface area contributed by atoms with Gasteiger partial charge in [0.1, 0.15) is 5.75 Å². The van der Waals surface area contributed by atoms with Crippen LogP contribution in [0.1, 0.15) is 28.8 Å². The Morgan fingerprint density at radius 3 is 2.77 bits per heavy atom. The summed E-state index contributed by atoms with van der Waals surface area (Å²) >= 11 is 1.47. The predicted octanol–water partition coefficient (Wildman–Crippen LogP) is 2.91. The average molecular weight is 318 g/mol. The third-order valence-electron chi connectivity index (χ3n) is 3.08. The number of phenolic OH excluding ortho intramolecular Hbond substituents is 1. The van der Waals surface area contributed by atoms with Gasteiger partial charge in [0.15, 0.2) is 0 Å². The monoisotopic (exact) mass is 318 g/mol. The number of thiophene rings is 1. The Balaban J connectivity index is 1.71. The number of amides is 2. The van der Waals surface area contributed by atoms with Gasteiger partial charge in [0.05, 0.1) is 5.69 Å². The number of rotatable bonds is 6. The number of hydrogen-bond acceptors (Lipinski definition) is 4. The van der Waals surface area contributed by atoms with Crippen molar-refractivity contribution in [1.29, 1.82) is 0 Å². The molecule has 2 rings (SSSR count). The minimum absolute atomic E-state index is 0.0547. The summed E-state index contributed by atoms with van der Waals surface area (Å²) in [4.78, 5) is 23.5. The van der Waals surface area contributed by atoms with Crippen LogP contribution in [-0.2, 0) is 4.79 Å². The Morgan fingerprint density at radius 2 is 2.09 bits per heavy atom. The van der Waals surface area contributed by atoms with Crippen molar-refractivity contribution in [3.05, 3.63) is 46.2 Å². The molecular formula is C16H18N2O3S. The number of aryl methyl sites for hydroxylation is 1. The van der Waals surface area contributed by atoms with Gasteiger partial charge in [-0.2, -0.15) is 11.3 Å². The van der Waals surface area contributed by atoms with E-state index in [0.717, 1.165) is 5.56 Å². The molecule has 0 atom stereocenters. The number of anilines is 1. The number of carbonyl (C=O) groups excluding carboxylic acids is 2. The highest BCUT2D eigenvalue weighted by molar-refractivity contribution is 7.08. The van der Waals surface area contributed by atoms with Crippen LogP contribution in [0.2, 0.25) is 0 Å². The molecule has 1 aromatic carbocycles. The number of aromatic hydroxyl groups is 1. The van der Waals surface area contributed by atoms with Gasteiger partial charge in [0, 0.05) is 23.9 Å². The molecule has 0 spiro atoms. The molecule has 3 N–H and O–H groups in total. The smallest absolute Gasteiger partial charge is 0.252 e. The van der Waals surface area contributed by atoms with Gasteiger partial charge in [-0.05, 0) is 42.5 Å². The molecule has 0 saturated heterocycles. The lowest BCUT2D eigenvalue weighted by Crippen LogP contribution is -2.25. The molecule has 0 aliphatic carbocycles. The Bertz CT molecular complexity index is 653. The van der Waals surface area contributed by atoms with E-state index in [4.69, 9.17) is 0 Å². The summed E-state index contributed by atoms with van der Waals surface area (Å²) in [7, 11) is 0. The van der Waals surface area contributed by atoms with Crippen LogP contribution in [0.3, 0.4) is 0 Å². The summed E-state index contributed by atoms with van der Waals surface area (Å²) in [5.41, 5.74) is 1.96. The van der Waals surface area contributed by atoms with E-state index in [9.17, 15) is 14.7 Å². The van der Waals surface area contributed by atoms with Gasteiger partial charge >= 0.3 is 0 Å². The number of phenols is 1. The molecule has 2 aromatic rings. The Morgan fingerprint density at radius 1 is 1.27 bits per heavy atom. The van der Waals surface area contributed by atoms with Crippen LogP contribution in [0.5, 0.6) is 5.75 Å². The van der Waals surface area contributed by atoms with Crippen LogP contribution in [0.15, 0.2) is 35.0 Å². The summed E-state index contributed by atoms with van der Waals surface area (Å²) in [6, 6.07) is 6.83. The first kappa shape index (κ1) is 16.0. The second-order valence-electron chi connectivity index (χ2n) is 4.94. The SMILES string of the molecule is Cc1ccc(NC(=O)CCCNC(=O)c2ccsc2)c(O)c1. The Hall–Kier alpha value is -2.34. The van der Waals surface area contributed by atoms with Gasteiger partial charge < -0.3 is 15.7 Å². The van der Waals surface area contributed by atoms with Crippen LogP contribution < -0.4 is 10.6 Å². The van der Waals surface area contributed by atoms with Crippen molar-refractivity contribution in [2.24, 2.45) is 0 Å². The van der Waals surface area contributed by atoms with Gasteiger partial charge in [-0.15, -0.1) is 0 Å². The lowest BCUT2D eigenvalue weighted by Gasteiger charge is -2.08. The average Bonchev–Trinajstić information content (AvgIpc) is 3.01. The van der Waals surface area contributed by atoms with E-state index >= 15 is 0 Å². The number of hydrogen-bond donors (Lipinski definition) is 3. The first-order chi connectivity index (χ1) is 10.6. The molecule has 1 aromatic heterocycles. The maximum absolute atomic E-state index is 11.8. The van der Waals surface area contributed by atoms with Crippen molar-refractivity contribution in [2.45, 2.75) is 19.8 Å². The Labute approximate surface area is 133 Å². The van der Waals surface area contributed by atoms with Crippen LogP contribution in [0.4, 0.5) is 5.69 Å². The zero-order valence-electron chi connectivity index (χ0n) is 12.3. The highest BCUT2D eigenvalue weighted by atomic mass is 32.1. The molecule has 0 radical (unpaired) electrons. The van der Waals surface area contributed by atoms with Crippen molar-refractivity contribution < 1.29 is 14.7 Å². The zero-order valence-corrected chi connectivity index (χ0v) is 13.1. The fourth-order valence-electron chi connectivity index (χ4n) is 1.91. The molecule has 2 amide bonds. The number of nitrogens with one attached hydrogen (secondary N) is 2.